The zero-order valence-electron chi connectivity index (χ0n) is 17.8. The standard InChI is InChI=1S/C26H21N3O4/c1-33-22-6-4-5-18(13-22)7-8-19-9-10-23(26(31)32)24(14-19)28-25(30)20-15-21(17-27-16-20)29-11-2-3-12-29/h2-17H,1H3,(H,28,30)(H,31,32)/b8-7+. The molecule has 2 N–H and O–H groups in total. The van der Waals surface area contributed by atoms with Gasteiger partial charge in [-0.3, -0.25) is 9.78 Å². The van der Waals surface area contributed by atoms with Crippen LogP contribution in [0.3, 0.4) is 0 Å². The van der Waals surface area contributed by atoms with E-state index in [-0.39, 0.29) is 11.3 Å². The lowest BCUT2D eigenvalue weighted by molar-refractivity contribution is 0.0698. The summed E-state index contributed by atoms with van der Waals surface area (Å²) in [5.41, 5.74) is 2.89. The predicted octanol–water partition coefficient (Wildman–Crippen LogP) is 5.00. The highest BCUT2D eigenvalue weighted by molar-refractivity contribution is 6.08. The molecule has 0 radical (unpaired) electrons. The number of rotatable bonds is 7. The van der Waals surface area contributed by atoms with E-state index in [2.05, 4.69) is 10.3 Å². The van der Waals surface area contributed by atoms with Crippen LogP contribution in [0.25, 0.3) is 17.8 Å². The van der Waals surface area contributed by atoms with Crippen LogP contribution in [-0.4, -0.2) is 33.6 Å². The molecule has 33 heavy (non-hydrogen) atoms. The van der Waals surface area contributed by atoms with Crippen LogP contribution in [0.5, 0.6) is 5.75 Å². The Hall–Kier alpha value is -4.65. The molecule has 0 spiro atoms. The minimum Gasteiger partial charge on any atom is -0.497 e. The van der Waals surface area contributed by atoms with Gasteiger partial charge in [0.1, 0.15) is 5.75 Å². The van der Waals surface area contributed by atoms with Crippen molar-refractivity contribution in [1.82, 2.24) is 9.55 Å². The van der Waals surface area contributed by atoms with Gasteiger partial charge in [0.2, 0.25) is 0 Å². The Bertz CT molecular complexity index is 1330. The minimum atomic E-state index is -1.13. The summed E-state index contributed by atoms with van der Waals surface area (Å²) in [7, 11) is 1.60. The molecule has 164 valence electrons. The van der Waals surface area contributed by atoms with E-state index in [4.69, 9.17) is 4.74 Å². The van der Waals surface area contributed by atoms with E-state index >= 15 is 0 Å². The molecular formula is C26H21N3O4. The number of benzene rings is 2. The normalized spacial score (nSPS) is 10.8. The fraction of sp³-hybridized carbons (Fsp3) is 0.0385. The third-order valence-electron chi connectivity index (χ3n) is 4.97. The van der Waals surface area contributed by atoms with E-state index in [1.54, 1.807) is 31.5 Å². The maximum Gasteiger partial charge on any atom is 0.337 e. The molecule has 7 heteroatoms. The Kier molecular flexibility index (Phi) is 6.31. The Morgan fingerprint density at radius 3 is 2.45 bits per heavy atom. The Balaban J connectivity index is 1.60. The first-order valence-electron chi connectivity index (χ1n) is 10.1. The molecule has 0 aliphatic rings. The van der Waals surface area contributed by atoms with Crippen LogP contribution < -0.4 is 10.1 Å². The Morgan fingerprint density at radius 1 is 0.970 bits per heavy atom. The molecule has 2 aromatic heterocycles. The number of amides is 1. The van der Waals surface area contributed by atoms with E-state index < -0.39 is 11.9 Å². The van der Waals surface area contributed by atoms with Gasteiger partial charge in [-0.25, -0.2) is 4.79 Å². The van der Waals surface area contributed by atoms with Gasteiger partial charge in [-0.15, -0.1) is 0 Å². The third-order valence-corrected chi connectivity index (χ3v) is 4.97. The molecule has 1 amide bonds. The fourth-order valence-electron chi connectivity index (χ4n) is 3.29. The van der Waals surface area contributed by atoms with Crippen molar-refractivity contribution < 1.29 is 19.4 Å². The molecule has 2 aromatic carbocycles. The summed E-state index contributed by atoms with van der Waals surface area (Å²) in [5.74, 6) is -0.845. The topological polar surface area (TPSA) is 93.4 Å². The van der Waals surface area contributed by atoms with Crippen LogP contribution in [0.2, 0.25) is 0 Å². The molecule has 7 nitrogen and oxygen atoms in total. The molecule has 2 heterocycles. The van der Waals surface area contributed by atoms with Crippen LogP contribution in [-0.2, 0) is 0 Å². The monoisotopic (exact) mass is 439 g/mol. The molecule has 0 saturated heterocycles. The number of aromatic nitrogens is 2. The number of nitrogens with zero attached hydrogens (tertiary/aromatic N) is 2. The largest absolute Gasteiger partial charge is 0.497 e. The number of carbonyl (C=O) groups excluding carboxylic acids is 1. The maximum atomic E-state index is 12.9. The Labute approximate surface area is 190 Å². The number of pyridine rings is 1. The van der Waals surface area contributed by atoms with Gasteiger partial charge in [-0.05, 0) is 53.6 Å². The van der Waals surface area contributed by atoms with Crippen molar-refractivity contribution >= 4 is 29.7 Å². The van der Waals surface area contributed by atoms with Crippen molar-refractivity contribution in [1.29, 1.82) is 0 Å². The van der Waals surface area contributed by atoms with Gasteiger partial charge in [0.25, 0.3) is 5.91 Å². The first-order chi connectivity index (χ1) is 16.0. The second-order valence-electron chi connectivity index (χ2n) is 7.20. The van der Waals surface area contributed by atoms with Gasteiger partial charge in [0.15, 0.2) is 0 Å². The highest BCUT2D eigenvalue weighted by atomic mass is 16.5. The summed E-state index contributed by atoms with van der Waals surface area (Å²) in [4.78, 5) is 28.7. The number of anilines is 1. The Morgan fingerprint density at radius 2 is 1.73 bits per heavy atom. The number of carbonyl (C=O) groups is 2. The number of aromatic carboxylic acids is 1. The summed E-state index contributed by atoms with van der Waals surface area (Å²) in [6.07, 6.45) is 10.5. The number of hydrogen-bond acceptors (Lipinski definition) is 4. The van der Waals surface area contributed by atoms with E-state index in [9.17, 15) is 14.7 Å². The van der Waals surface area contributed by atoms with E-state index in [0.717, 1.165) is 22.6 Å². The van der Waals surface area contributed by atoms with Crippen molar-refractivity contribution in [3.8, 4) is 11.4 Å². The molecule has 0 aliphatic carbocycles. The van der Waals surface area contributed by atoms with Gasteiger partial charge < -0.3 is 19.7 Å². The van der Waals surface area contributed by atoms with Crippen molar-refractivity contribution in [2.75, 3.05) is 12.4 Å². The third kappa shape index (κ3) is 5.16. The van der Waals surface area contributed by atoms with Gasteiger partial charge in [0, 0.05) is 18.6 Å². The van der Waals surface area contributed by atoms with Crippen molar-refractivity contribution in [2.45, 2.75) is 0 Å². The zero-order valence-corrected chi connectivity index (χ0v) is 17.8. The van der Waals surface area contributed by atoms with Crippen LogP contribution in [0.4, 0.5) is 5.69 Å². The lowest BCUT2D eigenvalue weighted by atomic mass is 10.1. The summed E-state index contributed by atoms with van der Waals surface area (Å²) >= 11 is 0. The van der Waals surface area contributed by atoms with Crippen LogP contribution in [0.15, 0.2) is 85.5 Å². The second kappa shape index (κ2) is 9.65. The predicted molar refractivity (Wildman–Crippen MR) is 127 cm³/mol. The average molecular weight is 439 g/mol. The zero-order chi connectivity index (χ0) is 23.2. The first kappa shape index (κ1) is 21.6. The van der Waals surface area contributed by atoms with Gasteiger partial charge in [-0.2, -0.15) is 0 Å². The average Bonchev–Trinajstić information content (AvgIpc) is 3.38. The number of hydrogen-bond donors (Lipinski definition) is 2. The summed E-state index contributed by atoms with van der Waals surface area (Å²) < 4.78 is 7.06. The first-order valence-corrected chi connectivity index (χ1v) is 10.1. The molecule has 4 aromatic rings. The molecule has 0 aliphatic heterocycles. The smallest absolute Gasteiger partial charge is 0.337 e. The number of methoxy groups -OCH3 is 1. The van der Waals surface area contributed by atoms with Crippen LogP contribution >= 0.6 is 0 Å². The van der Waals surface area contributed by atoms with Crippen molar-refractivity contribution in [3.63, 3.8) is 0 Å². The van der Waals surface area contributed by atoms with E-state index in [0.29, 0.717) is 5.56 Å². The molecule has 0 saturated carbocycles. The maximum absolute atomic E-state index is 12.9. The summed E-state index contributed by atoms with van der Waals surface area (Å²) in [6.45, 7) is 0. The number of ether oxygens (including phenoxy) is 1. The van der Waals surface area contributed by atoms with Gasteiger partial charge in [-0.1, -0.05) is 30.4 Å². The molecule has 0 bridgehead atoms. The fourth-order valence-corrected chi connectivity index (χ4v) is 3.29. The molecular weight excluding hydrogens is 418 g/mol. The molecule has 4 rings (SSSR count). The van der Waals surface area contributed by atoms with Gasteiger partial charge in [0.05, 0.1) is 35.8 Å². The molecule has 0 unspecified atom stereocenters. The summed E-state index contributed by atoms with van der Waals surface area (Å²) in [6, 6.07) is 17.8. The van der Waals surface area contributed by atoms with Crippen LogP contribution in [0, 0.1) is 0 Å². The van der Waals surface area contributed by atoms with Gasteiger partial charge >= 0.3 is 5.97 Å². The van der Waals surface area contributed by atoms with Crippen molar-refractivity contribution in [3.05, 3.63) is 108 Å². The quantitative estimate of drug-likeness (QED) is 0.395. The number of nitrogens with one attached hydrogen (secondary N) is 1. The van der Waals surface area contributed by atoms with Crippen molar-refractivity contribution in [2.24, 2.45) is 0 Å². The highest BCUT2D eigenvalue weighted by Crippen LogP contribution is 2.22. The molecule has 0 fully saturated rings. The lowest BCUT2D eigenvalue weighted by Gasteiger charge is -2.11. The van der Waals surface area contributed by atoms with Crippen LogP contribution in [0.1, 0.15) is 31.8 Å². The lowest BCUT2D eigenvalue weighted by Crippen LogP contribution is -2.15. The SMILES string of the molecule is COc1cccc(/C=C/c2ccc(C(=O)O)c(NC(=O)c3cncc(-n4cccc4)c3)c2)c1. The summed E-state index contributed by atoms with van der Waals surface area (Å²) in [5, 5.41) is 12.3. The number of carboxylic acids is 1. The molecule has 0 atom stereocenters. The minimum absolute atomic E-state index is 0.00333. The highest BCUT2D eigenvalue weighted by Gasteiger charge is 2.15. The second-order valence-corrected chi connectivity index (χ2v) is 7.20. The van der Waals surface area contributed by atoms with E-state index in [1.807, 2.05) is 65.5 Å². The van der Waals surface area contributed by atoms with E-state index in [1.165, 1.54) is 12.3 Å². The number of carboxylic acid groups (broad SMARTS) is 1.